The second-order valence-corrected chi connectivity index (χ2v) is 9.11. The summed E-state index contributed by atoms with van der Waals surface area (Å²) >= 11 is 0. The zero-order valence-electron chi connectivity index (χ0n) is 18.2. The Morgan fingerprint density at radius 2 is 1.90 bits per heavy atom. The predicted molar refractivity (Wildman–Crippen MR) is 120 cm³/mol. The van der Waals surface area contributed by atoms with Gasteiger partial charge in [-0.25, -0.2) is 0 Å². The van der Waals surface area contributed by atoms with E-state index in [4.69, 9.17) is 4.74 Å². The highest BCUT2D eigenvalue weighted by Gasteiger charge is 2.22. The highest BCUT2D eigenvalue weighted by Crippen LogP contribution is 2.30. The van der Waals surface area contributed by atoms with Crippen molar-refractivity contribution in [1.82, 2.24) is 5.32 Å². The lowest BCUT2D eigenvalue weighted by atomic mass is 9.85. The third-order valence-electron chi connectivity index (χ3n) is 5.14. The number of rotatable bonds is 8. The average molecular weight is 409 g/mol. The first-order chi connectivity index (χ1) is 14.3. The zero-order valence-corrected chi connectivity index (χ0v) is 18.2. The van der Waals surface area contributed by atoms with Crippen LogP contribution in [0, 0.1) is 5.41 Å². The Morgan fingerprint density at radius 3 is 2.63 bits per heavy atom. The molecule has 0 saturated carbocycles. The maximum absolute atomic E-state index is 12.5. The molecule has 30 heavy (non-hydrogen) atoms. The molecule has 2 amide bonds. The van der Waals surface area contributed by atoms with Crippen LogP contribution in [0.2, 0.25) is 0 Å². The summed E-state index contributed by atoms with van der Waals surface area (Å²) in [6.07, 6.45) is 3.19. The van der Waals surface area contributed by atoms with Gasteiger partial charge in [-0.2, -0.15) is 0 Å². The van der Waals surface area contributed by atoms with E-state index in [2.05, 4.69) is 43.5 Å². The van der Waals surface area contributed by atoms with E-state index in [0.29, 0.717) is 25.9 Å². The van der Waals surface area contributed by atoms with Crippen LogP contribution >= 0.6 is 0 Å². The molecule has 1 heterocycles. The third-order valence-corrected chi connectivity index (χ3v) is 5.14. The van der Waals surface area contributed by atoms with Gasteiger partial charge in [-0.3, -0.25) is 9.59 Å². The Hall–Kier alpha value is -2.82. The van der Waals surface area contributed by atoms with Gasteiger partial charge < -0.3 is 15.4 Å². The second-order valence-electron chi connectivity index (χ2n) is 9.11. The molecule has 5 heteroatoms. The van der Waals surface area contributed by atoms with E-state index in [1.54, 1.807) is 0 Å². The molecule has 5 nitrogen and oxygen atoms in total. The molecule has 2 aromatic carbocycles. The van der Waals surface area contributed by atoms with Gasteiger partial charge in [0.05, 0.1) is 12.6 Å². The van der Waals surface area contributed by atoms with Crippen molar-refractivity contribution in [1.29, 1.82) is 0 Å². The van der Waals surface area contributed by atoms with E-state index in [0.717, 1.165) is 35.4 Å². The molecule has 1 unspecified atom stereocenters. The van der Waals surface area contributed by atoms with E-state index >= 15 is 0 Å². The number of anilines is 1. The Labute approximate surface area is 179 Å². The lowest BCUT2D eigenvalue weighted by Crippen LogP contribution is -2.31. The van der Waals surface area contributed by atoms with Crippen LogP contribution in [-0.4, -0.2) is 18.4 Å². The van der Waals surface area contributed by atoms with Crippen LogP contribution in [0.25, 0.3) is 0 Å². The number of carbonyl (C=O) groups excluding carboxylic acids is 2. The molecule has 1 aliphatic rings. The number of hydrogen-bond acceptors (Lipinski definition) is 3. The summed E-state index contributed by atoms with van der Waals surface area (Å²) in [6.45, 7) is 7.04. The first kappa shape index (κ1) is 21.9. The van der Waals surface area contributed by atoms with Crippen molar-refractivity contribution >= 4 is 17.5 Å². The molecule has 3 rings (SSSR count). The highest BCUT2D eigenvalue weighted by molar-refractivity contribution is 5.94. The number of ether oxygens (including phenoxy) is 1. The molecule has 0 fully saturated rings. The summed E-state index contributed by atoms with van der Waals surface area (Å²) in [4.78, 5) is 24.0. The molecule has 0 aromatic heterocycles. The lowest BCUT2D eigenvalue weighted by Gasteiger charge is -2.27. The Kier molecular flexibility index (Phi) is 7.14. The van der Waals surface area contributed by atoms with Crippen LogP contribution in [0.3, 0.4) is 0 Å². The van der Waals surface area contributed by atoms with Gasteiger partial charge in [0, 0.05) is 18.5 Å². The number of amides is 2. The predicted octanol–water partition coefficient (Wildman–Crippen LogP) is 5.02. The number of fused-ring (bicyclic) bond motifs is 1. The number of nitrogens with one attached hydrogen (secondary N) is 2. The van der Waals surface area contributed by atoms with Crippen molar-refractivity contribution in [3.8, 4) is 5.75 Å². The van der Waals surface area contributed by atoms with Crippen molar-refractivity contribution in [2.24, 2.45) is 5.41 Å². The van der Waals surface area contributed by atoms with Crippen molar-refractivity contribution in [3.05, 3.63) is 59.7 Å². The van der Waals surface area contributed by atoms with Gasteiger partial charge in [-0.05, 0) is 54.0 Å². The van der Waals surface area contributed by atoms with Gasteiger partial charge in [-0.15, -0.1) is 0 Å². The number of carbonyl (C=O) groups is 2. The Bertz CT molecular complexity index is 872. The maximum atomic E-state index is 12.5. The minimum absolute atomic E-state index is 0.00970. The minimum atomic E-state index is 0.00970. The molecule has 1 atom stereocenters. The largest absolute Gasteiger partial charge is 0.494 e. The summed E-state index contributed by atoms with van der Waals surface area (Å²) in [5.74, 6) is 0.882. The summed E-state index contributed by atoms with van der Waals surface area (Å²) in [5, 5.41) is 6.07. The van der Waals surface area contributed by atoms with Crippen molar-refractivity contribution in [2.75, 3.05) is 11.9 Å². The second kappa shape index (κ2) is 9.79. The Balaban J connectivity index is 1.47. The highest BCUT2D eigenvalue weighted by atomic mass is 16.5. The lowest BCUT2D eigenvalue weighted by molar-refractivity contribution is -0.122. The SMILES string of the molecule is CC(C)(C)CC(NC(=O)CCCOc1ccc2c(c1)CCC(=O)N2)c1ccccc1. The van der Waals surface area contributed by atoms with Gasteiger partial charge in [0.15, 0.2) is 0 Å². The van der Waals surface area contributed by atoms with E-state index in [9.17, 15) is 9.59 Å². The van der Waals surface area contributed by atoms with Gasteiger partial charge in [0.25, 0.3) is 0 Å². The van der Waals surface area contributed by atoms with Gasteiger partial charge >= 0.3 is 0 Å². The topological polar surface area (TPSA) is 67.4 Å². The number of hydrogen-bond donors (Lipinski definition) is 2. The summed E-state index contributed by atoms with van der Waals surface area (Å²) in [5.41, 5.74) is 3.21. The molecule has 0 saturated heterocycles. The standard InChI is InChI=1S/C25H32N2O3/c1-25(2,3)17-22(18-8-5-4-6-9-18)27-23(28)10-7-15-30-20-12-13-21-19(16-20)11-14-24(29)26-21/h4-6,8-9,12-13,16,22H,7,10-11,14-15,17H2,1-3H3,(H,26,29)(H,27,28). The molecule has 2 aromatic rings. The molecule has 2 N–H and O–H groups in total. The van der Waals surface area contributed by atoms with E-state index in [1.807, 2.05) is 36.4 Å². The van der Waals surface area contributed by atoms with Crippen LogP contribution in [0.1, 0.15) is 63.6 Å². The first-order valence-corrected chi connectivity index (χ1v) is 10.7. The molecule has 0 bridgehead atoms. The molecular weight excluding hydrogens is 376 g/mol. The molecular formula is C25H32N2O3. The Morgan fingerprint density at radius 1 is 1.13 bits per heavy atom. The monoisotopic (exact) mass is 408 g/mol. The van der Waals surface area contributed by atoms with E-state index in [-0.39, 0.29) is 23.3 Å². The van der Waals surface area contributed by atoms with E-state index < -0.39 is 0 Å². The van der Waals surface area contributed by atoms with Crippen molar-refractivity contribution < 1.29 is 14.3 Å². The van der Waals surface area contributed by atoms with Crippen LogP contribution in [0.4, 0.5) is 5.69 Å². The molecule has 0 spiro atoms. The minimum Gasteiger partial charge on any atom is -0.494 e. The van der Waals surface area contributed by atoms with Crippen molar-refractivity contribution in [3.63, 3.8) is 0 Å². The summed E-state index contributed by atoms with van der Waals surface area (Å²) in [6, 6.07) is 15.9. The fourth-order valence-corrected chi connectivity index (χ4v) is 3.69. The van der Waals surface area contributed by atoms with Crippen LogP contribution in [0.15, 0.2) is 48.5 Å². The molecule has 160 valence electrons. The number of aryl methyl sites for hydroxylation is 1. The third kappa shape index (κ3) is 6.61. The molecule has 0 aliphatic carbocycles. The van der Waals surface area contributed by atoms with Crippen LogP contribution in [-0.2, 0) is 16.0 Å². The molecule has 1 aliphatic heterocycles. The summed E-state index contributed by atoms with van der Waals surface area (Å²) < 4.78 is 5.83. The van der Waals surface area contributed by atoms with Crippen LogP contribution < -0.4 is 15.4 Å². The fourth-order valence-electron chi connectivity index (χ4n) is 3.69. The smallest absolute Gasteiger partial charge is 0.224 e. The maximum Gasteiger partial charge on any atom is 0.224 e. The average Bonchev–Trinajstić information content (AvgIpc) is 2.70. The van der Waals surface area contributed by atoms with E-state index in [1.165, 1.54) is 0 Å². The first-order valence-electron chi connectivity index (χ1n) is 10.7. The number of benzene rings is 2. The zero-order chi connectivity index (χ0) is 21.6. The summed E-state index contributed by atoms with van der Waals surface area (Å²) in [7, 11) is 0. The van der Waals surface area contributed by atoms with Crippen molar-refractivity contribution in [2.45, 2.75) is 58.9 Å². The van der Waals surface area contributed by atoms with Gasteiger partial charge in [-0.1, -0.05) is 51.1 Å². The molecule has 0 radical (unpaired) electrons. The van der Waals surface area contributed by atoms with Crippen LogP contribution in [0.5, 0.6) is 5.75 Å². The normalized spacial score (nSPS) is 14.4. The van der Waals surface area contributed by atoms with Gasteiger partial charge in [0.1, 0.15) is 5.75 Å². The quantitative estimate of drug-likeness (QED) is 0.603. The van der Waals surface area contributed by atoms with Gasteiger partial charge in [0.2, 0.25) is 11.8 Å². The fraction of sp³-hybridized carbons (Fsp3) is 0.440.